The fourth-order valence-electron chi connectivity index (χ4n) is 2.86. The molecule has 2 N–H and O–H groups in total. The zero-order valence-corrected chi connectivity index (χ0v) is 15.8. The van der Waals surface area contributed by atoms with Crippen LogP contribution in [0.5, 0.6) is 0 Å². The Morgan fingerprint density at radius 2 is 1.75 bits per heavy atom. The lowest BCUT2D eigenvalue weighted by Gasteiger charge is -2.31. The predicted octanol–water partition coefficient (Wildman–Crippen LogP) is 1.48. The highest BCUT2D eigenvalue weighted by molar-refractivity contribution is 7.89. The summed E-state index contributed by atoms with van der Waals surface area (Å²) in [7, 11) is 0.0103. The Morgan fingerprint density at radius 3 is 2.25 bits per heavy atom. The molecule has 0 saturated carbocycles. The summed E-state index contributed by atoms with van der Waals surface area (Å²) in [6, 6.07) is 6.11. The lowest BCUT2D eigenvalue weighted by Crippen LogP contribution is -2.38. The third kappa shape index (κ3) is 4.92. The SMILES string of the molecule is CNCCC1CCN(S(=O)(=O)c2ccc(C(=O)NC)cc2)CC1.Cl. The minimum atomic E-state index is -3.47. The van der Waals surface area contributed by atoms with Crippen LogP contribution in [0.2, 0.25) is 0 Å². The van der Waals surface area contributed by atoms with E-state index in [1.807, 2.05) is 7.05 Å². The largest absolute Gasteiger partial charge is 0.355 e. The van der Waals surface area contributed by atoms with E-state index in [-0.39, 0.29) is 23.2 Å². The second kappa shape index (κ2) is 9.36. The van der Waals surface area contributed by atoms with Crippen LogP contribution in [0.25, 0.3) is 0 Å². The zero-order chi connectivity index (χ0) is 16.9. The van der Waals surface area contributed by atoms with Crippen LogP contribution in [0.15, 0.2) is 29.2 Å². The number of benzene rings is 1. The van der Waals surface area contributed by atoms with Crippen LogP contribution in [0.4, 0.5) is 0 Å². The maximum Gasteiger partial charge on any atom is 0.251 e. The molecule has 6 nitrogen and oxygen atoms in total. The zero-order valence-electron chi connectivity index (χ0n) is 14.1. The summed E-state index contributed by atoms with van der Waals surface area (Å²) in [6.45, 7) is 2.10. The van der Waals surface area contributed by atoms with E-state index in [0.717, 1.165) is 25.8 Å². The molecule has 24 heavy (non-hydrogen) atoms. The second-order valence-corrected chi connectivity index (χ2v) is 7.78. The monoisotopic (exact) mass is 375 g/mol. The first-order valence-corrected chi connectivity index (χ1v) is 9.40. The van der Waals surface area contributed by atoms with Gasteiger partial charge in [0.25, 0.3) is 5.91 Å². The Hall–Kier alpha value is -1.15. The summed E-state index contributed by atoms with van der Waals surface area (Å²) in [5, 5.41) is 5.66. The predicted molar refractivity (Wildman–Crippen MR) is 97.1 cm³/mol. The van der Waals surface area contributed by atoms with Crippen LogP contribution in [-0.2, 0) is 10.0 Å². The average Bonchev–Trinajstić information content (AvgIpc) is 2.59. The van der Waals surface area contributed by atoms with Gasteiger partial charge >= 0.3 is 0 Å². The number of halogens is 1. The molecule has 0 spiro atoms. The van der Waals surface area contributed by atoms with E-state index in [1.165, 1.54) is 12.1 Å². The summed E-state index contributed by atoms with van der Waals surface area (Å²) in [5.74, 6) is 0.365. The molecule has 1 fully saturated rings. The fourth-order valence-corrected chi connectivity index (χ4v) is 4.33. The number of carbonyl (C=O) groups excluding carboxylic acids is 1. The number of rotatable bonds is 6. The standard InChI is InChI=1S/C16H25N3O3S.ClH/c1-17-10-7-13-8-11-19(12-9-13)23(21,22)15-5-3-14(4-6-15)16(20)18-2;/h3-6,13,17H,7-12H2,1-2H3,(H,18,20);1H. The highest BCUT2D eigenvalue weighted by Gasteiger charge is 2.29. The van der Waals surface area contributed by atoms with Crippen molar-refractivity contribution >= 4 is 28.3 Å². The van der Waals surface area contributed by atoms with Crippen molar-refractivity contribution in [2.24, 2.45) is 5.92 Å². The van der Waals surface area contributed by atoms with Gasteiger partial charge in [0.05, 0.1) is 4.90 Å². The molecule has 1 saturated heterocycles. The molecule has 8 heteroatoms. The molecule has 0 aliphatic carbocycles. The first kappa shape index (κ1) is 20.9. The Bertz CT molecular complexity index is 626. The number of carbonyl (C=O) groups is 1. The third-order valence-electron chi connectivity index (χ3n) is 4.36. The summed E-state index contributed by atoms with van der Waals surface area (Å²) in [5.41, 5.74) is 0.456. The van der Waals surface area contributed by atoms with Crippen molar-refractivity contribution in [2.75, 3.05) is 33.7 Å². The molecule has 1 aliphatic heterocycles. The van der Waals surface area contributed by atoms with Gasteiger partial charge in [0.15, 0.2) is 0 Å². The van der Waals surface area contributed by atoms with Crippen LogP contribution in [0.1, 0.15) is 29.6 Å². The molecule has 1 aliphatic rings. The van der Waals surface area contributed by atoms with E-state index in [2.05, 4.69) is 10.6 Å². The number of sulfonamides is 1. The van der Waals surface area contributed by atoms with Crippen LogP contribution < -0.4 is 10.6 Å². The molecular weight excluding hydrogens is 350 g/mol. The van der Waals surface area contributed by atoms with Crippen molar-refractivity contribution in [3.05, 3.63) is 29.8 Å². The van der Waals surface area contributed by atoms with Gasteiger partial charge in [0.2, 0.25) is 10.0 Å². The molecule has 1 aromatic carbocycles. The second-order valence-electron chi connectivity index (χ2n) is 5.84. The van der Waals surface area contributed by atoms with Gasteiger partial charge in [-0.2, -0.15) is 4.31 Å². The number of piperidine rings is 1. The third-order valence-corrected chi connectivity index (χ3v) is 6.27. The first-order chi connectivity index (χ1) is 11.0. The Labute approximate surface area is 150 Å². The van der Waals surface area contributed by atoms with Gasteiger partial charge in [-0.05, 0) is 63.0 Å². The van der Waals surface area contributed by atoms with Crippen molar-refractivity contribution < 1.29 is 13.2 Å². The topological polar surface area (TPSA) is 78.5 Å². The summed E-state index contributed by atoms with van der Waals surface area (Å²) in [6.07, 6.45) is 2.89. The van der Waals surface area contributed by atoms with Crippen LogP contribution >= 0.6 is 12.4 Å². The maximum absolute atomic E-state index is 12.7. The molecule has 0 atom stereocenters. The molecule has 2 rings (SSSR count). The van der Waals surface area contributed by atoms with E-state index >= 15 is 0 Å². The molecular formula is C16H26ClN3O3S. The summed E-state index contributed by atoms with van der Waals surface area (Å²) >= 11 is 0. The average molecular weight is 376 g/mol. The van der Waals surface area contributed by atoms with Crippen molar-refractivity contribution in [2.45, 2.75) is 24.2 Å². The lowest BCUT2D eigenvalue weighted by atomic mass is 9.95. The van der Waals surface area contributed by atoms with E-state index in [1.54, 1.807) is 23.5 Å². The first-order valence-electron chi connectivity index (χ1n) is 7.96. The van der Waals surface area contributed by atoms with E-state index in [0.29, 0.717) is 24.6 Å². The van der Waals surface area contributed by atoms with Crippen molar-refractivity contribution in [3.8, 4) is 0 Å². The molecule has 0 bridgehead atoms. The summed E-state index contributed by atoms with van der Waals surface area (Å²) < 4.78 is 26.9. The number of hydrogen-bond donors (Lipinski definition) is 2. The van der Waals surface area contributed by atoms with Gasteiger partial charge in [-0.1, -0.05) is 0 Å². The van der Waals surface area contributed by atoms with Gasteiger partial charge in [0, 0.05) is 25.7 Å². The number of amides is 1. The molecule has 0 aromatic heterocycles. The highest BCUT2D eigenvalue weighted by atomic mass is 35.5. The van der Waals surface area contributed by atoms with Gasteiger partial charge in [0.1, 0.15) is 0 Å². The quantitative estimate of drug-likeness (QED) is 0.789. The molecule has 1 heterocycles. The smallest absolute Gasteiger partial charge is 0.251 e. The number of nitrogens with zero attached hydrogens (tertiary/aromatic N) is 1. The summed E-state index contributed by atoms with van der Waals surface area (Å²) in [4.78, 5) is 11.8. The maximum atomic E-state index is 12.7. The van der Waals surface area contributed by atoms with E-state index < -0.39 is 10.0 Å². The molecule has 0 radical (unpaired) electrons. The Kier molecular flexibility index (Phi) is 8.15. The van der Waals surface area contributed by atoms with Crippen LogP contribution in [0, 0.1) is 5.92 Å². The van der Waals surface area contributed by atoms with Crippen LogP contribution in [-0.4, -0.2) is 52.4 Å². The number of hydrogen-bond acceptors (Lipinski definition) is 4. The van der Waals surface area contributed by atoms with Gasteiger partial charge in [-0.3, -0.25) is 4.79 Å². The van der Waals surface area contributed by atoms with E-state index in [9.17, 15) is 13.2 Å². The van der Waals surface area contributed by atoms with Gasteiger partial charge < -0.3 is 10.6 Å². The highest BCUT2D eigenvalue weighted by Crippen LogP contribution is 2.25. The normalized spacial score (nSPS) is 16.4. The van der Waals surface area contributed by atoms with Crippen molar-refractivity contribution in [3.63, 3.8) is 0 Å². The van der Waals surface area contributed by atoms with Crippen molar-refractivity contribution in [1.82, 2.24) is 14.9 Å². The number of nitrogens with one attached hydrogen (secondary N) is 2. The molecule has 1 aromatic rings. The Morgan fingerprint density at radius 1 is 1.17 bits per heavy atom. The lowest BCUT2D eigenvalue weighted by molar-refractivity contribution is 0.0963. The van der Waals surface area contributed by atoms with E-state index in [4.69, 9.17) is 0 Å². The molecule has 0 unspecified atom stereocenters. The van der Waals surface area contributed by atoms with Crippen molar-refractivity contribution in [1.29, 1.82) is 0 Å². The minimum Gasteiger partial charge on any atom is -0.355 e. The fraction of sp³-hybridized carbons (Fsp3) is 0.562. The minimum absolute atomic E-state index is 0. The Balaban J connectivity index is 0.00000288. The molecule has 1 amide bonds. The van der Waals surface area contributed by atoms with Gasteiger partial charge in [-0.25, -0.2) is 8.42 Å². The van der Waals surface area contributed by atoms with Crippen LogP contribution in [0.3, 0.4) is 0 Å². The van der Waals surface area contributed by atoms with Gasteiger partial charge in [-0.15, -0.1) is 12.4 Å². The molecule has 136 valence electrons.